The SMILES string of the molecule is COc1ccccc1CC(=O)N1CCC(CCC(=O)NC2CC2)CC1. The summed E-state index contributed by atoms with van der Waals surface area (Å²) in [5, 5.41) is 3.04. The highest BCUT2D eigenvalue weighted by molar-refractivity contribution is 5.79. The molecule has 0 spiro atoms. The first-order chi connectivity index (χ1) is 12.2. The van der Waals surface area contributed by atoms with Crippen LogP contribution in [0.4, 0.5) is 0 Å². The molecule has 1 N–H and O–H groups in total. The van der Waals surface area contributed by atoms with Crippen LogP contribution in [-0.4, -0.2) is 43.0 Å². The van der Waals surface area contributed by atoms with Gasteiger partial charge in [0.1, 0.15) is 5.75 Å². The number of amides is 2. The van der Waals surface area contributed by atoms with E-state index in [1.807, 2.05) is 29.2 Å². The number of nitrogens with zero attached hydrogens (tertiary/aromatic N) is 1. The third-order valence-electron chi connectivity index (χ3n) is 5.22. The van der Waals surface area contributed by atoms with Gasteiger partial charge in [0, 0.05) is 31.1 Å². The Labute approximate surface area is 149 Å². The fourth-order valence-electron chi connectivity index (χ4n) is 3.46. The summed E-state index contributed by atoms with van der Waals surface area (Å²) in [5.41, 5.74) is 0.939. The number of rotatable bonds is 7. The Morgan fingerprint density at radius 1 is 1.16 bits per heavy atom. The van der Waals surface area contributed by atoms with Crippen molar-refractivity contribution in [1.29, 1.82) is 0 Å². The van der Waals surface area contributed by atoms with Crippen LogP contribution < -0.4 is 10.1 Å². The highest BCUT2D eigenvalue weighted by atomic mass is 16.5. The summed E-state index contributed by atoms with van der Waals surface area (Å²) in [6.07, 6.45) is 6.21. The lowest BCUT2D eigenvalue weighted by molar-refractivity contribution is -0.132. The molecule has 5 heteroatoms. The Kier molecular flexibility index (Phi) is 5.95. The average molecular weight is 344 g/mol. The predicted molar refractivity (Wildman–Crippen MR) is 96.4 cm³/mol. The van der Waals surface area contributed by atoms with Gasteiger partial charge in [0.25, 0.3) is 0 Å². The molecule has 0 atom stereocenters. The average Bonchev–Trinajstić information content (AvgIpc) is 3.45. The second-order valence-electron chi connectivity index (χ2n) is 7.19. The van der Waals surface area contributed by atoms with Crippen molar-refractivity contribution in [1.82, 2.24) is 10.2 Å². The Morgan fingerprint density at radius 2 is 1.88 bits per heavy atom. The molecule has 3 rings (SSSR count). The lowest BCUT2D eigenvalue weighted by Crippen LogP contribution is -2.39. The summed E-state index contributed by atoms with van der Waals surface area (Å²) in [7, 11) is 1.63. The second-order valence-corrected chi connectivity index (χ2v) is 7.19. The molecule has 25 heavy (non-hydrogen) atoms. The van der Waals surface area contributed by atoms with E-state index in [4.69, 9.17) is 4.74 Å². The molecule has 1 aliphatic carbocycles. The number of hydrogen-bond acceptors (Lipinski definition) is 3. The molecule has 1 aromatic carbocycles. The highest BCUT2D eigenvalue weighted by Gasteiger charge is 2.26. The number of piperidine rings is 1. The normalized spacial score (nSPS) is 18.0. The van der Waals surface area contributed by atoms with E-state index in [-0.39, 0.29) is 11.8 Å². The zero-order valence-corrected chi connectivity index (χ0v) is 15.0. The maximum absolute atomic E-state index is 12.5. The highest BCUT2D eigenvalue weighted by Crippen LogP contribution is 2.25. The number of hydrogen-bond donors (Lipinski definition) is 1. The largest absolute Gasteiger partial charge is 0.496 e. The van der Waals surface area contributed by atoms with Crippen LogP contribution in [0.2, 0.25) is 0 Å². The number of benzene rings is 1. The summed E-state index contributed by atoms with van der Waals surface area (Å²) >= 11 is 0. The van der Waals surface area contributed by atoms with Crippen molar-refractivity contribution in [2.24, 2.45) is 5.92 Å². The molecule has 0 unspecified atom stereocenters. The minimum absolute atomic E-state index is 0.162. The summed E-state index contributed by atoms with van der Waals surface area (Å²) in [5.74, 6) is 1.68. The van der Waals surface area contributed by atoms with Crippen molar-refractivity contribution in [2.45, 2.75) is 51.0 Å². The number of methoxy groups -OCH3 is 1. The molecular formula is C20H28N2O3. The first-order valence-electron chi connectivity index (χ1n) is 9.34. The fourth-order valence-corrected chi connectivity index (χ4v) is 3.46. The van der Waals surface area contributed by atoms with Gasteiger partial charge >= 0.3 is 0 Å². The van der Waals surface area contributed by atoms with Gasteiger partial charge in [-0.1, -0.05) is 18.2 Å². The molecule has 2 fully saturated rings. The molecule has 5 nitrogen and oxygen atoms in total. The quantitative estimate of drug-likeness (QED) is 0.827. The van der Waals surface area contributed by atoms with Crippen molar-refractivity contribution in [3.8, 4) is 5.75 Å². The third kappa shape index (κ3) is 5.21. The lowest BCUT2D eigenvalue weighted by Gasteiger charge is -2.32. The summed E-state index contributed by atoms with van der Waals surface area (Å²) in [4.78, 5) is 26.3. The van der Waals surface area contributed by atoms with Crippen LogP contribution in [0.5, 0.6) is 5.75 Å². The summed E-state index contributed by atoms with van der Waals surface area (Å²) in [6, 6.07) is 8.13. The molecule has 1 saturated heterocycles. The van der Waals surface area contributed by atoms with Gasteiger partial charge in [0.15, 0.2) is 0 Å². The summed E-state index contributed by atoms with van der Waals surface area (Å²) in [6.45, 7) is 1.59. The molecule has 1 saturated carbocycles. The van der Waals surface area contributed by atoms with Crippen LogP contribution in [0.1, 0.15) is 44.1 Å². The van der Waals surface area contributed by atoms with Gasteiger partial charge in [-0.3, -0.25) is 9.59 Å². The first-order valence-corrected chi connectivity index (χ1v) is 9.34. The van der Waals surface area contributed by atoms with Gasteiger partial charge in [0.05, 0.1) is 13.5 Å². The molecule has 1 aliphatic heterocycles. The van der Waals surface area contributed by atoms with E-state index in [1.54, 1.807) is 7.11 Å². The molecule has 1 aromatic rings. The van der Waals surface area contributed by atoms with Gasteiger partial charge in [-0.2, -0.15) is 0 Å². The second kappa shape index (κ2) is 8.37. The predicted octanol–water partition coefficient (Wildman–Crippen LogP) is 2.54. The fraction of sp³-hybridized carbons (Fsp3) is 0.600. The van der Waals surface area contributed by atoms with E-state index in [0.717, 1.165) is 56.5 Å². The van der Waals surface area contributed by atoms with E-state index in [9.17, 15) is 9.59 Å². The zero-order valence-electron chi connectivity index (χ0n) is 15.0. The minimum Gasteiger partial charge on any atom is -0.496 e. The van der Waals surface area contributed by atoms with Crippen molar-refractivity contribution >= 4 is 11.8 Å². The molecule has 136 valence electrons. The lowest BCUT2D eigenvalue weighted by atomic mass is 9.91. The van der Waals surface area contributed by atoms with E-state index in [2.05, 4.69) is 5.32 Å². The maximum Gasteiger partial charge on any atom is 0.227 e. The Balaban J connectivity index is 1.40. The summed E-state index contributed by atoms with van der Waals surface area (Å²) < 4.78 is 5.33. The van der Waals surface area contributed by atoms with Crippen LogP contribution in [0.15, 0.2) is 24.3 Å². The first kappa shape index (κ1) is 17.8. The van der Waals surface area contributed by atoms with Crippen LogP contribution in [0.25, 0.3) is 0 Å². The molecule has 0 aromatic heterocycles. The van der Waals surface area contributed by atoms with E-state index in [1.165, 1.54) is 0 Å². The van der Waals surface area contributed by atoms with Crippen molar-refractivity contribution in [3.05, 3.63) is 29.8 Å². The van der Waals surface area contributed by atoms with Crippen molar-refractivity contribution in [2.75, 3.05) is 20.2 Å². The third-order valence-corrected chi connectivity index (χ3v) is 5.22. The smallest absolute Gasteiger partial charge is 0.227 e. The van der Waals surface area contributed by atoms with Crippen molar-refractivity contribution in [3.63, 3.8) is 0 Å². The van der Waals surface area contributed by atoms with Gasteiger partial charge in [0.2, 0.25) is 11.8 Å². The van der Waals surface area contributed by atoms with Gasteiger partial charge in [-0.25, -0.2) is 0 Å². The monoisotopic (exact) mass is 344 g/mol. The van der Waals surface area contributed by atoms with E-state index >= 15 is 0 Å². The number of carbonyl (C=O) groups excluding carboxylic acids is 2. The Bertz CT molecular complexity index is 605. The van der Waals surface area contributed by atoms with Gasteiger partial charge < -0.3 is 15.0 Å². The van der Waals surface area contributed by atoms with Gasteiger partial charge in [-0.15, -0.1) is 0 Å². The minimum atomic E-state index is 0.162. The van der Waals surface area contributed by atoms with Crippen LogP contribution in [0, 0.1) is 5.92 Å². The molecule has 2 amide bonds. The van der Waals surface area contributed by atoms with Gasteiger partial charge in [-0.05, 0) is 44.1 Å². The molecule has 0 bridgehead atoms. The molecule has 2 aliphatic rings. The Morgan fingerprint density at radius 3 is 2.56 bits per heavy atom. The number of likely N-dealkylation sites (tertiary alicyclic amines) is 1. The molecule has 0 radical (unpaired) electrons. The standard InChI is InChI=1S/C20H28N2O3/c1-25-18-5-3-2-4-16(18)14-20(24)22-12-10-15(11-13-22)6-9-19(23)21-17-7-8-17/h2-5,15,17H,6-14H2,1H3,(H,21,23). The van der Waals surface area contributed by atoms with Crippen LogP contribution in [-0.2, 0) is 16.0 Å². The number of para-hydroxylation sites is 1. The van der Waals surface area contributed by atoms with Crippen LogP contribution >= 0.6 is 0 Å². The van der Waals surface area contributed by atoms with E-state index in [0.29, 0.717) is 24.8 Å². The van der Waals surface area contributed by atoms with E-state index < -0.39 is 0 Å². The number of ether oxygens (including phenoxy) is 1. The number of carbonyl (C=O) groups is 2. The topological polar surface area (TPSA) is 58.6 Å². The molecule has 1 heterocycles. The number of nitrogens with one attached hydrogen (secondary N) is 1. The molecular weight excluding hydrogens is 316 g/mol. The van der Waals surface area contributed by atoms with Crippen LogP contribution in [0.3, 0.4) is 0 Å². The van der Waals surface area contributed by atoms with Crippen molar-refractivity contribution < 1.29 is 14.3 Å². The Hall–Kier alpha value is -2.04. The maximum atomic E-state index is 12.5. The zero-order chi connectivity index (χ0) is 17.6.